The van der Waals surface area contributed by atoms with Gasteiger partial charge in [-0.3, -0.25) is 4.68 Å². The number of nitrogens with two attached hydrogens (primary N) is 1. The highest BCUT2D eigenvalue weighted by atomic mass is 32.2. The van der Waals surface area contributed by atoms with Crippen molar-refractivity contribution in [3.8, 4) is 0 Å². The standard InChI is InChI=1S/C10H10FN3S/c1-14-6-10(5-13-14)15-9-3-7(11)2-8(12)4-9/h2-6H,12H2,1H3. The van der Waals surface area contributed by atoms with Gasteiger partial charge in [-0.05, 0) is 18.2 Å². The second-order valence-electron chi connectivity index (χ2n) is 3.17. The summed E-state index contributed by atoms with van der Waals surface area (Å²) in [5, 5.41) is 4.03. The minimum atomic E-state index is -0.318. The Hall–Kier alpha value is -1.49. The van der Waals surface area contributed by atoms with Crippen LogP contribution in [0.5, 0.6) is 0 Å². The highest BCUT2D eigenvalue weighted by molar-refractivity contribution is 7.99. The molecule has 0 aliphatic heterocycles. The van der Waals surface area contributed by atoms with Gasteiger partial charge in [-0.25, -0.2) is 4.39 Å². The number of aromatic nitrogens is 2. The molecule has 15 heavy (non-hydrogen) atoms. The summed E-state index contributed by atoms with van der Waals surface area (Å²) in [6.45, 7) is 0. The molecule has 0 fully saturated rings. The molecular formula is C10H10FN3S. The summed E-state index contributed by atoms with van der Waals surface area (Å²) < 4.78 is 14.7. The molecule has 0 aliphatic rings. The molecule has 3 nitrogen and oxygen atoms in total. The summed E-state index contributed by atoms with van der Waals surface area (Å²) in [7, 11) is 1.84. The predicted molar refractivity (Wildman–Crippen MR) is 58.1 cm³/mol. The Morgan fingerprint density at radius 1 is 1.33 bits per heavy atom. The number of nitrogen functional groups attached to an aromatic ring is 1. The fraction of sp³-hybridized carbons (Fsp3) is 0.100. The van der Waals surface area contributed by atoms with Gasteiger partial charge in [0.25, 0.3) is 0 Å². The van der Waals surface area contributed by atoms with Gasteiger partial charge < -0.3 is 5.73 Å². The Morgan fingerprint density at radius 2 is 2.13 bits per heavy atom. The molecule has 0 bridgehead atoms. The molecule has 0 saturated carbocycles. The normalized spacial score (nSPS) is 10.5. The van der Waals surface area contributed by atoms with Crippen LogP contribution in [0.3, 0.4) is 0 Å². The van der Waals surface area contributed by atoms with Gasteiger partial charge in [-0.1, -0.05) is 11.8 Å². The molecule has 1 aromatic carbocycles. The van der Waals surface area contributed by atoms with Crippen molar-refractivity contribution in [3.63, 3.8) is 0 Å². The summed E-state index contributed by atoms with van der Waals surface area (Å²) >= 11 is 1.43. The van der Waals surface area contributed by atoms with Crippen molar-refractivity contribution in [2.45, 2.75) is 9.79 Å². The first-order valence-corrected chi connectivity index (χ1v) is 5.18. The van der Waals surface area contributed by atoms with Gasteiger partial charge in [-0.2, -0.15) is 5.10 Å². The van der Waals surface area contributed by atoms with Gasteiger partial charge in [-0.15, -0.1) is 0 Å². The van der Waals surface area contributed by atoms with Crippen molar-refractivity contribution in [1.29, 1.82) is 0 Å². The number of halogens is 1. The molecule has 2 rings (SSSR count). The first-order valence-electron chi connectivity index (χ1n) is 4.36. The maximum Gasteiger partial charge on any atom is 0.126 e. The number of anilines is 1. The lowest BCUT2D eigenvalue weighted by Crippen LogP contribution is -1.87. The van der Waals surface area contributed by atoms with Crippen LogP contribution >= 0.6 is 11.8 Å². The van der Waals surface area contributed by atoms with Crippen LogP contribution in [0.2, 0.25) is 0 Å². The molecule has 0 aliphatic carbocycles. The average molecular weight is 223 g/mol. The molecular weight excluding hydrogens is 213 g/mol. The molecule has 78 valence electrons. The number of hydrogen-bond donors (Lipinski definition) is 1. The fourth-order valence-electron chi connectivity index (χ4n) is 1.23. The lowest BCUT2D eigenvalue weighted by Gasteiger charge is -2.00. The predicted octanol–water partition coefficient (Wildman–Crippen LogP) is 2.29. The van der Waals surface area contributed by atoms with E-state index in [1.807, 2.05) is 13.2 Å². The zero-order valence-electron chi connectivity index (χ0n) is 8.14. The first kappa shape index (κ1) is 10.0. The number of rotatable bonds is 2. The van der Waals surface area contributed by atoms with Crippen LogP contribution in [0.25, 0.3) is 0 Å². The number of nitrogens with zero attached hydrogens (tertiary/aromatic N) is 2. The Morgan fingerprint density at radius 3 is 2.73 bits per heavy atom. The third-order valence-electron chi connectivity index (χ3n) is 1.81. The van der Waals surface area contributed by atoms with E-state index in [-0.39, 0.29) is 5.82 Å². The van der Waals surface area contributed by atoms with Crippen molar-refractivity contribution in [3.05, 3.63) is 36.4 Å². The van der Waals surface area contributed by atoms with Crippen molar-refractivity contribution in [2.75, 3.05) is 5.73 Å². The lowest BCUT2D eigenvalue weighted by molar-refractivity contribution is 0.625. The monoisotopic (exact) mass is 223 g/mol. The zero-order valence-corrected chi connectivity index (χ0v) is 8.96. The molecule has 0 unspecified atom stereocenters. The van der Waals surface area contributed by atoms with Gasteiger partial charge in [0.05, 0.1) is 11.1 Å². The molecule has 0 atom stereocenters. The van der Waals surface area contributed by atoms with E-state index in [9.17, 15) is 4.39 Å². The quantitative estimate of drug-likeness (QED) is 0.794. The SMILES string of the molecule is Cn1cc(Sc2cc(N)cc(F)c2)cn1. The van der Waals surface area contributed by atoms with Crippen LogP contribution in [0.1, 0.15) is 0 Å². The summed E-state index contributed by atoms with van der Waals surface area (Å²) in [5.74, 6) is -0.318. The Bertz CT molecular complexity index is 461. The zero-order chi connectivity index (χ0) is 10.8. The summed E-state index contributed by atoms with van der Waals surface area (Å²) in [6.07, 6.45) is 3.59. The Kier molecular flexibility index (Phi) is 2.64. The highest BCUT2D eigenvalue weighted by Crippen LogP contribution is 2.28. The van der Waals surface area contributed by atoms with Gasteiger partial charge in [0.15, 0.2) is 0 Å². The second kappa shape index (κ2) is 3.94. The molecule has 0 spiro atoms. The van der Waals surface area contributed by atoms with E-state index in [0.717, 1.165) is 9.79 Å². The van der Waals surface area contributed by atoms with E-state index in [1.165, 1.54) is 23.9 Å². The number of aryl methyl sites for hydroxylation is 1. The largest absolute Gasteiger partial charge is 0.399 e. The van der Waals surface area contributed by atoms with E-state index >= 15 is 0 Å². The fourth-order valence-corrected chi connectivity index (χ4v) is 2.17. The third kappa shape index (κ3) is 2.50. The average Bonchev–Trinajstić information content (AvgIpc) is 2.49. The van der Waals surface area contributed by atoms with E-state index in [1.54, 1.807) is 16.9 Å². The van der Waals surface area contributed by atoms with Crippen LogP contribution < -0.4 is 5.73 Å². The van der Waals surface area contributed by atoms with Crippen molar-refractivity contribution < 1.29 is 4.39 Å². The van der Waals surface area contributed by atoms with E-state index in [2.05, 4.69) is 5.10 Å². The maximum absolute atomic E-state index is 13.0. The number of benzene rings is 1. The molecule has 0 saturated heterocycles. The summed E-state index contributed by atoms with van der Waals surface area (Å²) in [5.41, 5.74) is 5.98. The molecule has 1 heterocycles. The van der Waals surface area contributed by atoms with Crippen LogP contribution in [-0.2, 0) is 7.05 Å². The van der Waals surface area contributed by atoms with Crippen molar-refractivity contribution >= 4 is 17.4 Å². The summed E-state index contributed by atoms with van der Waals surface area (Å²) in [4.78, 5) is 1.74. The topological polar surface area (TPSA) is 43.8 Å². The van der Waals surface area contributed by atoms with Gasteiger partial charge >= 0.3 is 0 Å². The Labute approximate surface area is 91.1 Å². The molecule has 0 radical (unpaired) electrons. The molecule has 2 N–H and O–H groups in total. The first-order chi connectivity index (χ1) is 7.13. The van der Waals surface area contributed by atoms with E-state index < -0.39 is 0 Å². The molecule has 1 aromatic heterocycles. The minimum Gasteiger partial charge on any atom is -0.399 e. The van der Waals surface area contributed by atoms with Gasteiger partial charge in [0.2, 0.25) is 0 Å². The van der Waals surface area contributed by atoms with E-state index in [0.29, 0.717) is 5.69 Å². The third-order valence-corrected chi connectivity index (χ3v) is 2.73. The minimum absolute atomic E-state index is 0.318. The van der Waals surface area contributed by atoms with E-state index in [4.69, 9.17) is 5.73 Å². The highest BCUT2D eigenvalue weighted by Gasteiger charge is 2.02. The van der Waals surface area contributed by atoms with Crippen molar-refractivity contribution in [2.24, 2.45) is 7.05 Å². The molecule has 2 aromatic rings. The second-order valence-corrected chi connectivity index (χ2v) is 4.32. The molecule has 5 heteroatoms. The van der Waals surface area contributed by atoms with Crippen molar-refractivity contribution in [1.82, 2.24) is 9.78 Å². The van der Waals surface area contributed by atoms with Crippen LogP contribution in [0, 0.1) is 5.82 Å². The van der Waals surface area contributed by atoms with Crippen LogP contribution in [0.4, 0.5) is 10.1 Å². The number of hydrogen-bond acceptors (Lipinski definition) is 3. The van der Waals surface area contributed by atoms with Crippen LogP contribution in [-0.4, -0.2) is 9.78 Å². The summed E-state index contributed by atoms with van der Waals surface area (Å²) in [6, 6.07) is 4.49. The van der Waals surface area contributed by atoms with Gasteiger partial charge in [0.1, 0.15) is 5.82 Å². The lowest BCUT2D eigenvalue weighted by atomic mass is 10.3. The van der Waals surface area contributed by atoms with Crippen LogP contribution in [0.15, 0.2) is 40.4 Å². The van der Waals surface area contributed by atoms with Gasteiger partial charge in [0, 0.05) is 23.8 Å². The Balaban J connectivity index is 2.24. The molecule has 0 amide bonds. The maximum atomic E-state index is 13.0. The smallest absolute Gasteiger partial charge is 0.126 e.